The SMILES string of the molecule is CC(C)(C)c1ccc(OCC(=O)N/N=C\c2ccc(Br)o2)cc1. The number of hydrogen-bond acceptors (Lipinski definition) is 4. The van der Waals surface area contributed by atoms with Gasteiger partial charge >= 0.3 is 0 Å². The standard InChI is InChI=1S/C17H19BrN2O3/c1-17(2,3)12-4-6-13(7-5-12)22-11-16(21)20-19-10-14-8-9-15(18)23-14/h4-10H,11H2,1-3H3,(H,20,21)/b19-10-. The van der Waals surface area contributed by atoms with E-state index in [0.29, 0.717) is 16.2 Å². The molecule has 0 saturated carbocycles. The number of nitrogens with one attached hydrogen (secondary N) is 1. The lowest BCUT2D eigenvalue weighted by atomic mass is 9.87. The number of rotatable bonds is 5. The Labute approximate surface area is 143 Å². The van der Waals surface area contributed by atoms with Crippen LogP contribution in [-0.4, -0.2) is 18.7 Å². The van der Waals surface area contributed by atoms with E-state index in [-0.39, 0.29) is 17.9 Å². The number of ether oxygens (including phenoxy) is 1. The molecule has 0 fully saturated rings. The largest absolute Gasteiger partial charge is 0.484 e. The maximum Gasteiger partial charge on any atom is 0.277 e. The van der Waals surface area contributed by atoms with Crippen LogP contribution in [0.1, 0.15) is 32.1 Å². The quantitative estimate of drug-likeness (QED) is 0.634. The molecule has 122 valence electrons. The monoisotopic (exact) mass is 378 g/mol. The summed E-state index contributed by atoms with van der Waals surface area (Å²) < 4.78 is 11.2. The van der Waals surface area contributed by atoms with E-state index >= 15 is 0 Å². The molecule has 1 amide bonds. The number of carbonyl (C=O) groups excluding carboxylic acids is 1. The number of carbonyl (C=O) groups is 1. The van der Waals surface area contributed by atoms with E-state index < -0.39 is 0 Å². The van der Waals surface area contributed by atoms with Crippen LogP contribution in [0.25, 0.3) is 0 Å². The predicted molar refractivity (Wildman–Crippen MR) is 92.8 cm³/mol. The highest BCUT2D eigenvalue weighted by molar-refractivity contribution is 9.10. The maximum atomic E-state index is 11.6. The lowest BCUT2D eigenvalue weighted by Crippen LogP contribution is -2.24. The normalized spacial score (nSPS) is 11.7. The van der Waals surface area contributed by atoms with Crippen molar-refractivity contribution >= 4 is 28.1 Å². The molecule has 5 nitrogen and oxygen atoms in total. The molecule has 2 aromatic rings. The van der Waals surface area contributed by atoms with E-state index in [0.717, 1.165) is 0 Å². The first-order valence-corrected chi connectivity index (χ1v) is 7.94. The van der Waals surface area contributed by atoms with Crippen molar-refractivity contribution in [2.24, 2.45) is 5.10 Å². The van der Waals surface area contributed by atoms with Crippen LogP contribution in [0.2, 0.25) is 0 Å². The van der Waals surface area contributed by atoms with Gasteiger partial charge in [0.05, 0.1) is 6.21 Å². The molecule has 0 saturated heterocycles. The molecule has 0 bridgehead atoms. The summed E-state index contributed by atoms with van der Waals surface area (Å²) in [6.07, 6.45) is 1.42. The number of halogens is 1. The average molecular weight is 379 g/mol. The van der Waals surface area contributed by atoms with E-state index in [2.05, 4.69) is 47.2 Å². The number of amides is 1. The molecule has 1 N–H and O–H groups in total. The third kappa shape index (κ3) is 5.56. The molecule has 23 heavy (non-hydrogen) atoms. The van der Waals surface area contributed by atoms with Crippen LogP contribution in [0.5, 0.6) is 5.75 Å². The summed E-state index contributed by atoms with van der Waals surface area (Å²) in [6.45, 7) is 6.33. The number of hydrogen-bond donors (Lipinski definition) is 1. The lowest BCUT2D eigenvalue weighted by molar-refractivity contribution is -0.123. The van der Waals surface area contributed by atoms with Gasteiger partial charge < -0.3 is 9.15 Å². The van der Waals surface area contributed by atoms with Crippen LogP contribution >= 0.6 is 15.9 Å². The first-order chi connectivity index (χ1) is 10.8. The molecule has 0 radical (unpaired) electrons. The van der Waals surface area contributed by atoms with Gasteiger partial charge in [0, 0.05) is 0 Å². The Kier molecular flexibility index (Phi) is 5.60. The van der Waals surface area contributed by atoms with Crippen molar-refractivity contribution in [2.75, 3.05) is 6.61 Å². The van der Waals surface area contributed by atoms with Crippen molar-refractivity contribution in [3.63, 3.8) is 0 Å². The zero-order valence-corrected chi connectivity index (χ0v) is 14.9. The maximum absolute atomic E-state index is 11.6. The fraction of sp³-hybridized carbons (Fsp3) is 0.294. The van der Waals surface area contributed by atoms with E-state index in [1.54, 1.807) is 12.1 Å². The van der Waals surface area contributed by atoms with Crippen molar-refractivity contribution in [1.82, 2.24) is 5.43 Å². The fourth-order valence-electron chi connectivity index (χ4n) is 1.80. The van der Waals surface area contributed by atoms with Crippen molar-refractivity contribution in [2.45, 2.75) is 26.2 Å². The molecule has 1 heterocycles. The third-order valence-corrected chi connectivity index (χ3v) is 3.49. The summed E-state index contributed by atoms with van der Waals surface area (Å²) in [5, 5.41) is 3.79. The molecule has 0 aliphatic carbocycles. The first kappa shape index (κ1) is 17.3. The zero-order valence-electron chi connectivity index (χ0n) is 13.3. The summed E-state index contributed by atoms with van der Waals surface area (Å²) in [5.41, 5.74) is 3.68. The molecule has 2 rings (SSSR count). The summed E-state index contributed by atoms with van der Waals surface area (Å²) in [6, 6.07) is 11.2. The third-order valence-electron chi connectivity index (χ3n) is 3.07. The molecular weight excluding hydrogens is 360 g/mol. The second-order valence-electron chi connectivity index (χ2n) is 6.00. The van der Waals surface area contributed by atoms with Gasteiger partial charge in [-0.3, -0.25) is 4.79 Å². The molecule has 0 aliphatic heterocycles. The summed E-state index contributed by atoms with van der Waals surface area (Å²) >= 11 is 3.19. The van der Waals surface area contributed by atoms with Crippen LogP contribution in [0.15, 0.2) is 50.6 Å². The molecule has 0 atom stereocenters. The summed E-state index contributed by atoms with van der Waals surface area (Å²) in [4.78, 5) is 11.6. The predicted octanol–water partition coefficient (Wildman–Crippen LogP) is 3.87. The smallest absolute Gasteiger partial charge is 0.277 e. The fourth-order valence-corrected chi connectivity index (χ4v) is 2.12. The minimum atomic E-state index is -0.341. The zero-order chi connectivity index (χ0) is 16.9. The molecule has 6 heteroatoms. The Morgan fingerprint density at radius 2 is 1.96 bits per heavy atom. The number of benzene rings is 1. The number of nitrogens with zero attached hydrogens (tertiary/aromatic N) is 1. The van der Waals surface area contributed by atoms with E-state index in [1.807, 2.05) is 24.3 Å². The molecule has 1 aromatic carbocycles. The van der Waals surface area contributed by atoms with Crippen molar-refractivity contribution in [3.8, 4) is 5.75 Å². The Morgan fingerprint density at radius 1 is 1.26 bits per heavy atom. The molecular formula is C17H19BrN2O3. The Balaban J connectivity index is 1.79. The first-order valence-electron chi connectivity index (χ1n) is 7.15. The van der Waals surface area contributed by atoms with E-state index in [4.69, 9.17) is 9.15 Å². The van der Waals surface area contributed by atoms with Crippen LogP contribution in [-0.2, 0) is 10.2 Å². The molecule has 0 unspecified atom stereocenters. The molecule has 0 spiro atoms. The average Bonchev–Trinajstić information content (AvgIpc) is 2.90. The summed E-state index contributed by atoms with van der Waals surface area (Å²) in [7, 11) is 0. The molecule has 0 aliphatic rings. The summed E-state index contributed by atoms with van der Waals surface area (Å²) in [5.74, 6) is 0.842. The van der Waals surface area contributed by atoms with Gasteiger partial charge in [-0.15, -0.1) is 0 Å². The highest BCUT2D eigenvalue weighted by atomic mass is 79.9. The number of furan rings is 1. The topological polar surface area (TPSA) is 63.8 Å². The second-order valence-corrected chi connectivity index (χ2v) is 6.78. The van der Waals surface area contributed by atoms with Crippen LogP contribution in [0.3, 0.4) is 0 Å². The minimum absolute atomic E-state index is 0.0888. The van der Waals surface area contributed by atoms with Gasteiger partial charge in [0.1, 0.15) is 11.5 Å². The van der Waals surface area contributed by atoms with Crippen LogP contribution in [0.4, 0.5) is 0 Å². The Hall–Kier alpha value is -2.08. The van der Waals surface area contributed by atoms with Crippen molar-refractivity contribution in [3.05, 3.63) is 52.4 Å². The van der Waals surface area contributed by atoms with Crippen LogP contribution < -0.4 is 10.2 Å². The Bertz CT molecular complexity index is 685. The van der Waals surface area contributed by atoms with Gasteiger partial charge in [0.15, 0.2) is 11.3 Å². The van der Waals surface area contributed by atoms with Gasteiger partial charge in [0.25, 0.3) is 5.91 Å². The van der Waals surface area contributed by atoms with E-state index in [9.17, 15) is 4.79 Å². The van der Waals surface area contributed by atoms with Gasteiger partial charge in [-0.05, 0) is 51.2 Å². The van der Waals surface area contributed by atoms with Gasteiger partial charge in [-0.2, -0.15) is 5.10 Å². The highest BCUT2D eigenvalue weighted by Crippen LogP contribution is 2.24. The van der Waals surface area contributed by atoms with Gasteiger partial charge in [0.2, 0.25) is 0 Å². The van der Waals surface area contributed by atoms with Gasteiger partial charge in [-0.25, -0.2) is 5.43 Å². The second kappa shape index (κ2) is 7.46. The van der Waals surface area contributed by atoms with Crippen molar-refractivity contribution in [1.29, 1.82) is 0 Å². The highest BCUT2D eigenvalue weighted by Gasteiger charge is 2.13. The number of hydrazone groups is 1. The van der Waals surface area contributed by atoms with E-state index in [1.165, 1.54) is 11.8 Å². The lowest BCUT2D eigenvalue weighted by Gasteiger charge is -2.19. The van der Waals surface area contributed by atoms with Crippen LogP contribution in [0, 0.1) is 0 Å². The minimum Gasteiger partial charge on any atom is -0.484 e. The molecule has 1 aromatic heterocycles. The van der Waals surface area contributed by atoms with Gasteiger partial charge in [-0.1, -0.05) is 32.9 Å². The Morgan fingerprint density at radius 3 is 2.52 bits per heavy atom. The van der Waals surface area contributed by atoms with Crippen molar-refractivity contribution < 1.29 is 13.9 Å².